The van der Waals surface area contributed by atoms with E-state index >= 15 is 0 Å². The number of halogens is 1. The Labute approximate surface area is 142 Å². The van der Waals surface area contributed by atoms with Crippen molar-refractivity contribution in [2.45, 2.75) is 12.6 Å². The number of hydrogen-bond donors (Lipinski definition) is 1. The normalized spacial score (nSPS) is 12.2. The maximum absolute atomic E-state index is 10.6. The maximum Gasteiger partial charge on any atom is 0.269 e. The lowest BCUT2D eigenvalue weighted by Crippen LogP contribution is -2.23. The molecule has 24 heavy (non-hydrogen) atoms. The van der Waals surface area contributed by atoms with Gasteiger partial charge in [-0.1, -0.05) is 12.1 Å². The van der Waals surface area contributed by atoms with Crippen LogP contribution in [0.15, 0.2) is 48.5 Å². The summed E-state index contributed by atoms with van der Waals surface area (Å²) in [4.78, 5) is 14.3. The summed E-state index contributed by atoms with van der Waals surface area (Å²) in [6.07, 6.45) is -0.810. The van der Waals surface area contributed by atoms with Crippen LogP contribution in [-0.2, 0) is 6.54 Å². The smallest absolute Gasteiger partial charge is 0.269 e. The van der Waals surface area contributed by atoms with E-state index in [1.54, 1.807) is 4.57 Å². The molecule has 3 rings (SSSR count). The number of aromatic nitrogens is 2. The largest absolute Gasteiger partial charge is 0.491 e. The fourth-order valence-corrected chi connectivity index (χ4v) is 2.59. The Bertz CT molecular complexity index is 863. The average Bonchev–Trinajstić information content (AvgIpc) is 2.89. The van der Waals surface area contributed by atoms with Gasteiger partial charge in [0.2, 0.25) is 5.28 Å². The molecular formula is C16H14ClN3O4. The summed E-state index contributed by atoms with van der Waals surface area (Å²) in [6, 6.07) is 13.1. The Kier molecular flexibility index (Phi) is 4.64. The number of ether oxygens (including phenoxy) is 1. The van der Waals surface area contributed by atoms with Gasteiger partial charge in [-0.05, 0) is 35.9 Å². The summed E-state index contributed by atoms with van der Waals surface area (Å²) < 4.78 is 7.16. The van der Waals surface area contributed by atoms with Crippen molar-refractivity contribution in [2.24, 2.45) is 0 Å². The number of para-hydroxylation sites is 2. The third-order valence-corrected chi connectivity index (χ3v) is 3.78. The molecule has 124 valence electrons. The lowest BCUT2D eigenvalue weighted by atomic mass is 10.3. The monoisotopic (exact) mass is 347 g/mol. The summed E-state index contributed by atoms with van der Waals surface area (Å²) in [5.41, 5.74) is 1.57. The van der Waals surface area contributed by atoms with Crippen molar-refractivity contribution in [2.75, 3.05) is 6.61 Å². The van der Waals surface area contributed by atoms with Crippen LogP contribution in [-0.4, -0.2) is 32.3 Å². The Morgan fingerprint density at radius 3 is 2.67 bits per heavy atom. The van der Waals surface area contributed by atoms with Gasteiger partial charge in [0.1, 0.15) is 18.5 Å². The number of fused-ring (bicyclic) bond motifs is 1. The van der Waals surface area contributed by atoms with Gasteiger partial charge in [-0.2, -0.15) is 0 Å². The van der Waals surface area contributed by atoms with Gasteiger partial charge in [0.15, 0.2) is 0 Å². The molecule has 1 aromatic heterocycles. The molecule has 1 atom stereocenters. The SMILES string of the molecule is O=[N+]([O-])c1ccc(OCC(O)Cn2c(Cl)nc3ccccc32)cc1. The first kappa shape index (κ1) is 16.2. The molecule has 0 saturated heterocycles. The molecular weight excluding hydrogens is 334 g/mol. The molecule has 0 aliphatic heterocycles. The number of aliphatic hydroxyl groups is 1. The van der Waals surface area contributed by atoms with Crippen molar-refractivity contribution < 1.29 is 14.8 Å². The first-order chi connectivity index (χ1) is 11.5. The number of nitro benzene ring substituents is 1. The van der Waals surface area contributed by atoms with Crippen LogP contribution < -0.4 is 4.74 Å². The quantitative estimate of drug-likeness (QED) is 0.546. The Hall–Kier alpha value is -2.64. The number of benzene rings is 2. The van der Waals surface area contributed by atoms with Gasteiger partial charge in [0.25, 0.3) is 5.69 Å². The zero-order valence-electron chi connectivity index (χ0n) is 12.5. The van der Waals surface area contributed by atoms with Crippen LogP contribution in [0.2, 0.25) is 5.28 Å². The maximum atomic E-state index is 10.6. The molecule has 0 saturated carbocycles. The summed E-state index contributed by atoms with van der Waals surface area (Å²) in [5.74, 6) is 0.446. The van der Waals surface area contributed by atoms with Crippen LogP contribution in [0.5, 0.6) is 5.75 Å². The highest BCUT2D eigenvalue weighted by Crippen LogP contribution is 2.21. The molecule has 0 bridgehead atoms. The van der Waals surface area contributed by atoms with Crippen molar-refractivity contribution in [1.82, 2.24) is 9.55 Å². The fourth-order valence-electron chi connectivity index (χ4n) is 2.34. The van der Waals surface area contributed by atoms with Crippen LogP contribution in [0.1, 0.15) is 0 Å². The van der Waals surface area contributed by atoms with Crippen LogP contribution >= 0.6 is 11.6 Å². The van der Waals surface area contributed by atoms with E-state index < -0.39 is 11.0 Å². The topological polar surface area (TPSA) is 90.4 Å². The average molecular weight is 348 g/mol. The molecule has 8 heteroatoms. The van der Waals surface area contributed by atoms with E-state index in [2.05, 4.69) is 4.98 Å². The predicted octanol–water partition coefficient (Wildman–Crippen LogP) is 3.04. The van der Waals surface area contributed by atoms with E-state index in [1.165, 1.54) is 24.3 Å². The van der Waals surface area contributed by atoms with E-state index in [0.717, 1.165) is 11.0 Å². The second kappa shape index (κ2) is 6.86. The zero-order valence-corrected chi connectivity index (χ0v) is 13.3. The molecule has 0 aliphatic rings. The molecule has 0 spiro atoms. The van der Waals surface area contributed by atoms with Gasteiger partial charge in [-0.15, -0.1) is 0 Å². The van der Waals surface area contributed by atoms with Gasteiger partial charge < -0.3 is 14.4 Å². The Morgan fingerprint density at radius 1 is 1.25 bits per heavy atom. The molecule has 0 aliphatic carbocycles. The molecule has 1 heterocycles. The third-order valence-electron chi connectivity index (χ3n) is 3.49. The number of nitro groups is 1. The number of hydrogen-bond acceptors (Lipinski definition) is 5. The van der Waals surface area contributed by atoms with E-state index in [1.807, 2.05) is 24.3 Å². The van der Waals surface area contributed by atoms with Gasteiger partial charge in [0.05, 0.1) is 22.5 Å². The van der Waals surface area contributed by atoms with E-state index in [-0.39, 0.29) is 18.8 Å². The molecule has 2 aromatic carbocycles. The Balaban J connectivity index is 1.64. The van der Waals surface area contributed by atoms with Gasteiger partial charge in [0, 0.05) is 12.1 Å². The summed E-state index contributed by atoms with van der Waals surface area (Å²) >= 11 is 6.11. The molecule has 0 fully saturated rings. The minimum Gasteiger partial charge on any atom is -0.491 e. The highest BCUT2D eigenvalue weighted by molar-refractivity contribution is 6.29. The van der Waals surface area contributed by atoms with Crippen molar-refractivity contribution in [3.8, 4) is 5.75 Å². The van der Waals surface area contributed by atoms with Crippen LogP contribution in [0.4, 0.5) is 5.69 Å². The highest BCUT2D eigenvalue weighted by Gasteiger charge is 2.13. The molecule has 1 unspecified atom stereocenters. The summed E-state index contributed by atoms with van der Waals surface area (Å²) in [5, 5.41) is 21.1. The molecule has 7 nitrogen and oxygen atoms in total. The lowest BCUT2D eigenvalue weighted by Gasteiger charge is -2.14. The molecule has 0 amide bonds. The van der Waals surface area contributed by atoms with E-state index in [9.17, 15) is 15.2 Å². The third kappa shape index (κ3) is 3.47. The van der Waals surface area contributed by atoms with Crippen LogP contribution in [0.3, 0.4) is 0 Å². The molecule has 1 N–H and O–H groups in total. The minimum absolute atomic E-state index is 0.0143. The predicted molar refractivity (Wildman–Crippen MR) is 89.3 cm³/mol. The second-order valence-corrected chi connectivity index (χ2v) is 5.53. The van der Waals surface area contributed by atoms with Crippen LogP contribution in [0.25, 0.3) is 11.0 Å². The number of imidazole rings is 1. The summed E-state index contributed by atoms with van der Waals surface area (Å²) in [6.45, 7) is 0.257. The first-order valence-corrected chi connectivity index (χ1v) is 7.58. The minimum atomic E-state index is -0.810. The van der Waals surface area contributed by atoms with Crippen LogP contribution in [0, 0.1) is 10.1 Å². The number of non-ortho nitro benzene ring substituents is 1. The number of nitrogens with zero attached hydrogens (tertiary/aromatic N) is 3. The van der Waals surface area contributed by atoms with E-state index in [0.29, 0.717) is 11.0 Å². The standard InChI is InChI=1S/C16H14ClN3O4/c17-16-18-14-3-1-2-4-15(14)19(16)9-12(21)10-24-13-7-5-11(6-8-13)20(22)23/h1-8,12,21H,9-10H2. The number of rotatable bonds is 6. The van der Waals surface area contributed by atoms with Gasteiger partial charge in [-0.3, -0.25) is 10.1 Å². The van der Waals surface area contributed by atoms with Crippen molar-refractivity contribution >= 4 is 28.3 Å². The van der Waals surface area contributed by atoms with Gasteiger partial charge >= 0.3 is 0 Å². The molecule has 3 aromatic rings. The Morgan fingerprint density at radius 2 is 1.96 bits per heavy atom. The highest BCUT2D eigenvalue weighted by atomic mass is 35.5. The van der Waals surface area contributed by atoms with Crippen molar-refractivity contribution in [1.29, 1.82) is 0 Å². The van der Waals surface area contributed by atoms with Crippen molar-refractivity contribution in [3.05, 3.63) is 63.9 Å². The lowest BCUT2D eigenvalue weighted by molar-refractivity contribution is -0.384. The summed E-state index contributed by atoms with van der Waals surface area (Å²) in [7, 11) is 0. The van der Waals surface area contributed by atoms with E-state index in [4.69, 9.17) is 16.3 Å². The van der Waals surface area contributed by atoms with Crippen molar-refractivity contribution in [3.63, 3.8) is 0 Å². The fraction of sp³-hybridized carbons (Fsp3) is 0.188. The van der Waals surface area contributed by atoms with Gasteiger partial charge in [-0.25, -0.2) is 4.98 Å². The first-order valence-electron chi connectivity index (χ1n) is 7.20. The number of aliphatic hydroxyl groups excluding tert-OH is 1. The second-order valence-electron chi connectivity index (χ2n) is 5.20. The molecule has 0 radical (unpaired) electrons. The zero-order chi connectivity index (χ0) is 17.1.